The van der Waals surface area contributed by atoms with Crippen molar-refractivity contribution in [1.29, 1.82) is 0 Å². The normalized spacial score (nSPS) is 11.7. The van der Waals surface area contributed by atoms with Gasteiger partial charge in [0.1, 0.15) is 11.6 Å². The molecule has 1 aromatic carbocycles. The van der Waals surface area contributed by atoms with E-state index in [1.807, 2.05) is 6.07 Å². The highest BCUT2D eigenvalue weighted by Gasteiger charge is 2.34. The Hall–Kier alpha value is -3.49. The zero-order valence-corrected chi connectivity index (χ0v) is 13.6. The van der Waals surface area contributed by atoms with Gasteiger partial charge in [0.15, 0.2) is 5.65 Å². The van der Waals surface area contributed by atoms with Gasteiger partial charge in [0.05, 0.1) is 11.3 Å². The lowest BCUT2D eigenvalue weighted by Crippen LogP contribution is -2.09. The van der Waals surface area contributed by atoms with Gasteiger partial charge in [-0.15, -0.1) is 0 Å². The van der Waals surface area contributed by atoms with Crippen LogP contribution < -0.4 is 5.32 Å². The van der Waals surface area contributed by atoms with Crippen LogP contribution in [-0.4, -0.2) is 19.6 Å². The van der Waals surface area contributed by atoms with Gasteiger partial charge in [-0.1, -0.05) is 0 Å². The number of benzene rings is 1. The predicted octanol–water partition coefficient (Wildman–Crippen LogP) is 4.69. The van der Waals surface area contributed by atoms with Crippen molar-refractivity contribution in [2.24, 2.45) is 0 Å². The molecule has 1 N–H and O–H groups in total. The minimum atomic E-state index is -4.78. The molecule has 0 spiro atoms. The number of pyridine rings is 1. The highest BCUT2D eigenvalue weighted by Crippen LogP contribution is 2.33. The molecule has 3 aromatic heterocycles. The molecule has 27 heavy (non-hydrogen) atoms. The van der Waals surface area contributed by atoms with Crippen molar-refractivity contribution in [2.45, 2.75) is 6.18 Å². The summed E-state index contributed by atoms with van der Waals surface area (Å²) in [6.45, 7) is 0. The number of alkyl halides is 3. The predicted molar refractivity (Wildman–Crippen MR) is 90.9 cm³/mol. The summed E-state index contributed by atoms with van der Waals surface area (Å²) < 4.78 is 53.7. The molecule has 0 aliphatic rings. The lowest BCUT2D eigenvalue weighted by Gasteiger charge is -2.12. The molecule has 136 valence electrons. The summed E-state index contributed by atoms with van der Waals surface area (Å²) >= 11 is 0. The number of aromatic nitrogens is 4. The van der Waals surface area contributed by atoms with Gasteiger partial charge in [-0.2, -0.15) is 22.8 Å². The zero-order valence-electron chi connectivity index (χ0n) is 13.6. The Morgan fingerprint density at radius 1 is 1.00 bits per heavy atom. The summed E-state index contributed by atoms with van der Waals surface area (Å²) in [5.41, 5.74) is 0.621. The number of hydrogen-bond donors (Lipinski definition) is 1. The van der Waals surface area contributed by atoms with Crippen molar-refractivity contribution >= 4 is 17.2 Å². The quantitative estimate of drug-likeness (QED) is 0.529. The van der Waals surface area contributed by atoms with Crippen molar-refractivity contribution in [3.63, 3.8) is 0 Å². The molecule has 0 saturated carbocycles. The molecule has 9 heteroatoms. The molecule has 3 heterocycles. The Morgan fingerprint density at radius 3 is 2.59 bits per heavy atom. The number of nitrogens with one attached hydrogen (secondary N) is 1. The number of anilines is 2. The van der Waals surface area contributed by atoms with Crippen molar-refractivity contribution in [3.05, 3.63) is 72.4 Å². The van der Waals surface area contributed by atoms with Gasteiger partial charge in [-0.05, 0) is 36.4 Å². The first-order valence-electron chi connectivity index (χ1n) is 7.81. The van der Waals surface area contributed by atoms with Crippen molar-refractivity contribution < 1.29 is 17.6 Å². The Balaban J connectivity index is 1.74. The first-order chi connectivity index (χ1) is 12.9. The lowest BCUT2D eigenvalue weighted by atomic mass is 10.2. The van der Waals surface area contributed by atoms with Crippen molar-refractivity contribution in [1.82, 2.24) is 19.6 Å². The number of halogens is 4. The maximum Gasteiger partial charge on any atom is 0.419 e. The second-order valence-corrected chi connectivity index (χ2v) is 5.69. The Morgan fingerprint density at radius 2 is 1.85 bits per heavy atom. The van der Waals surface area contributed by atoms with Crippen LogP contribution in [0.1, 0.15) is 5.56 Å². The molecule has 0 unspecified atom stereocenters. The smallest absolute Gasteiger partial charge is 0.340 e. The van der Waals surface area contributed by atoms with Gasteiger partial charge in [0, 0.05) is 35.9 Å². The number of hydrogen-bond acceptors (Lipinski definition) is 4. The van der Waals surface area contributed by atoms with Crippen LogP contribution in [0, 0.1) is 5.82 Å². The van der Waals surface area contributed by atoms with Crippen LogP contribution in [0.4, 0.5) is 29.1 Å². The van der Waals surface area contributed by atoms with Gasteiger partial charge in [0.25, 0.3) is 0 Å². The molecular formula is C18H11F4N5. The van der Waals surface area contributed by atoms with E-state index in [2.05, 4.69) is 20.4 Å². The molecule has 0 aliphatic heterocycles. The monoisotopic (exact) mass is 373 g/mol. The Kier molecular flexibility index (Phi) is 3.98. The zero-order chi connectivity index (χ0) is 19.0. The largest absolute Gasteiger partial charge is 0.419 e. The van der Waals surface area contributed by atoms with Crippen LogP contribution in [0.15, 0.2) is 61.1 Å². The number of fused-ring (bicyclic) bond motifs is 1. The summed E-state index contributed by atoms with van der Waals surface area (Å²) in [6.07, 6.45) is -0.00314. The third-order valence-corrected chi connectivity index (χ3v) is 3.86. The molecule has 0 atom stereocenters. The second kappa shape index (κ2) is 6.35. The maximum atomic E-state index is 13.5. The summed E-state index contributed by atoms with van der Waals surface area (Å²) in [7, 11) is 0. The Labute approximate surface area is 150 Å². The van der Waals surface area contributed by atoms with Crippen molar-refractivity contribution in [2.75, 3.05) is 5.32 Å². The van der Waals surface area contributed by atoms with Crippen LogP contribution in [0.2, 0.25) is 0 Å². The first kappa shape index (κ1) is 17.0. The standard InChI is InChI=1S/C18H11F4N5/c19-14-4-3-12(8-13(14)18(20,21)22)25-16-5-7-24-17-9-15(26-27(16)17)11-2-1-6-23-10-11/h1-10,25H. The van der Waals surface area contributed by atoms with Gasteiger partial charge in [0.2, 0.25) is 0 Å². The van der Waals surface area contributed by atoms with Crippen LogP contribution in [-0.2, 0) is 6.18 Å². The summed E-state index contributed by atoms with van der Waals surface area (Å²) in [5.74, 6) is -0.944. The molecule has 4 rings (SSSR count). The van der Waals surface area contributed by atoms with Crippen LogP contribution in [0.3, 0.4) is 0 Å². The van der Waals surface area contributed by atoms with E-state index in [-0.39, 0.29) is 5.69 Å². The van der Waals surface area contributed by atoms with Gasteiger partial charge >= 0.3 is 6.18 Å². The van der Waals surface area contributed by atoms with Gasteiger partial charge in [-0.25, -0.2) is 9.37 Å². The highest BCUT2D eigenvalue weighted by molar-refractivity contribution is 5.66. The molecule has 0 bridgehead atoms. The SMILES string of the molecule is Fc1ccc(Nc2ccnc3cc(-c4cccnc4)nn23)cc1C(F)(F)F. The van der Waals surface area contributed by atoms with E-state index in [1.165, 1.54) is 16.8 Å². The molecule has 0 radical (unpaired) electrons. The first-order valence-corrected chi connectivity index (χ1v) is 7.81. The average molecular weight is 373 g/mol. The van der Waals surface area contributed by atoms with E-state index in [9.17, 15) is 17.6 Å². The maximum absolute atomic E-state index is 13.5. The molecule has 4 aromatic rings. The third kappa shape index (κ3) is 3.31. The lowest BCUT2D eigenvalue weighted by molar-refractivity contribution is -0.139. The van der Waals surface area contributed by atoms with Crippen LogP contribution in [0.5, 0.6) is 0 Å². The molecule has 0 aliphatic carbocycles. The summed E-state index contributed by atoms with van der Waals surface area (Å²) in [5, 5.41) is 7.25. The second-order valence-electron chi connectivity index (χ2n) is 5.69. The fourth-order valence-corrected chi connectivity index (χ4v) is 2.61. The summed E-state index contributed by atoms with van der Waals surface area (Å²) in [4.78, 5) is 8.24. The minimum Gasteiger partial charge on any atom is -0.340 e. The van der Waals surface area contributed by atoms with E-state index >= 15 is 0 Å². The van der Waals surface area contributed by atoms with Crippen LogP contribution >= 0.6 is 0 Å². The number of nitrogens with zero attached hydrogens (tertiary/aromatic N) is 4. The highest BCUT2D eigenvalue weighted by atomic mass is 19.4. The fraction of sp³-hybridized carbons (Fsp3) is 0.0556. The molecular weight excluding hydrogens is 362 g/mol. The minimum absolute atomic E-state index is 0.0784. The molecule has 0 saturated heterocycles. The van der Waals surface area contributed by atoms with E-state index in [0.717, 1.165) is 11.6 Å². The van der Waals surface area contributed by atoms with Gasteiger partial charge in [-0.3, -0.25) is 4.98 Å². The molecule has 0 amide bonds. The topological polar surface area (TPSA) is 55.1 Å². The molecule has 0 fully saturated rings. The number of rotatable bonds is 3. The summed E-state index contributed by atoms with van der Waals surface area (Å²) in [6, 6.07) is 9.60. The Bertz CT molecular complexity index is 1110. The van der Waals surface area contributed by atoms with E-state index in [1.54, 1.807) is 30.6 Å². The van der Waals surface area contributed by atoms with Gasteiger partial charge < -0.3 is 5.32 Å². The third-order valence-electron chi connectivity index (χ3n) is 3.86. The molecule has 5 nitrogen and oxygen atoms in total. The fourth-order valence-electron chi connectivity index (χ4n) is 2.61. The van der Waals surface area contributed by atoms with Crippen molar-refractivity contribution in [3.8, 4) is 11.3 Å². The van der Waals surface area contributed by atoms with Crippen LogP contribution in [0.25, 0.3) is 16.9 Å². The van der Waals surface area contributed by atoms with E-state index in [0.29, 0.717) is 23.2 Å². The average Bonchev–Trinajstić information content (AvgIpc) is 3.08. The van der Waals surface area contributed by atoms with E-state index < -0.39 is 17.6 Å². The van der Waals surface area contributed by atoms with E-state index in [4.69, 9.17) is 0 Å².